The summed E-state index contributed by atoms with van der Waals surface area (Å²) < 4.78 is 0. The van der Waals surface area contributed by atoms with Gasteiger partial charge in [0.05, 0.1) is 17.6 Å². The fourth-order valence-corrected chi connectivity index (χ4v) is 4.08. The molecule has 0 spiro atoms. The summed E-state index contributed by atoms with van der Waals surface area (Å²) in [5, 5.41) is 20.4. The van der Waals surface area contributed by atoms with Crippen LogP contribution >= 0.6 is 0 Å². The third-order valence-electron chi connectivity index (χ3n) is 5.08. The molecule has 3 rings (SSSR count). The Kier molecular flexibility index (Phi) is 2.68. The summed E-state index contributed by atoms with van der Waals surface area (Å²) in [6.07, 6.45) is 3.75. The number of hydrogen-bond acceptors (Lipinski definition) is 2. The van der Waals surface area contributed by atoms with Crippen molar-refractivity contribution in [1.29, 1.82) is 5.26 Å². The zero-order valence-electron chi connectivity index (χ0n) is 10.8. The van der Waals surface area contributed by atoms with Crippen molar-refractivity contribution < 1.29 is 5.11 Å². The van der Waals surface area contributed by atoms with E-state index in [0.29, 0.717) is 11.8 Å². The fraction of sp³-hybridized carbons (Fsp3) is 0.562. The van der Waals surface area contributed by atoms with E-state index >= 15 is 0 Å². The first-order valence-electron chi connectivity index (χ1n) is 6.82. The van der Waals surface area contributed by atoms with Crippen LogP contribution in [0.4, 0.5) is 0 Å². The zero-order valence-corrected chi connectivity index (χ0v) is 10.8. The lowest BCUT2D eigenvalue weighted by Crippen LogP contribution is -2.33. The van der Waals surface area contributed by atoms with Crippen molar-refractivity contribution in [3.63, 3.8) is 0 Å². The lowest BCUT2D eigenvalue weighted by Gasteiger charge is -2.36. The predicted octanol–water partition coefficient (Wildman–Crippen LogP) is 3.36. The Balaban J connectivity index is 1.99. The van der Waals surface area contributed by atoms with E-state index in [1.807, 2.05) is 31.2 Å². The summed E-state index contributed by atoms with van der Waals surface area (Å²) in [5.41, 5.74) is 1.49. The van der Waals surface area contributed by atoms with Gasteiger partial charge in [-0.25, -0.2) is 0 Å². The number of hydrogen-bond donors (Lipinski definition) is 1. The van der Waals surface area contributed by atoms with Gasteiger partial charge in [-0.3, -0.25) is 0 Å². The molecule has 2 aliphatic carbocycles. The SMILES string of the molecule is Cc1ccccc1C(O)C1(C#N)CC2CCC1C2. The molecule has 0 amide bonds. The molecule has 0 heterocycles. The highest BCUT2D eigenvalue weighted by molar-refractivity contribution is 5.32. The molecule has 0 saturated heterocycles. The molecular weight excluding hydrogens is 222 g/mol. The number of nitrogens with zero attached hydrogens (tertiary/aromatic N) is 1. The molecule has 2 aliphatic rings. The molecule has 2 saturated carbocycles. The van der Waals surface area contributed by atoms with Crippen LogP contribution in [0, 0.1) is 35.5 Å². The molecule has 2 nitrogen and oxygen atoms in total. The average molecular weight is 241 g/mol. The second-order valence-electron chi connectivity index (χ2n) is 5.99. The van der Waals surface area contributed by atoms with Gasteiger partial charge in [-0.05, 0) is 49.1 Å². The van der Waals surface area contributed by atoms with Gasteiger partial charge in [0, 0.05) is 0 Å². The summed E-state index contributed by atoms with van der Waals surface area (Å²) in [5.74, 6) is 1.05. The molecule has 1 aromatic rings. The van der Waals surface area contributed by atoms with Gasteiger partial charge in [0.2, 0.25) is 0 Å². The summed E-state index contributed by atoms with van der Waals surface area (Å²) in [7, 11) is 0. The van der Waals surface area contributed by atoms with E-state index in [4.69, 9.17) is 0 Å². The number of nitriles is 1. The molecule has 94 valence electrons. The number of rotatable bonds is 2. The van der Waals surface area contributed by atoms with Gasteiger partial charge in [-0.2, -0.15) is 5.26 Å². The Labute approximate surface area is 108 Å². The lowest BCUT2D eigenvalue weighted by molar-refractivity contribution is 0.0229. The molecule has 0 radical (unpaired) electrons. The minimum absolute atomic E-state index is 0.391. The minimum Gasteiger partial charge on any atom is -0.387 e. The van der Waals surface area contributed by atoms with Crippen molar-refractivity contribution in [3.8, 4) is 6.07 Å². The normalized spacial score (nSPS) is 35.4. The van der Waals surface area contributed by atoms with Crippen molar-refractivity contribution in [3.05, 3.63) is 35.4 Å². The van der Waals surface area contributed by atoms with Crippen LogP contribution in [-0.2, 0) is 0 Å². The summed E-state index contributed by atoms with van der Waals surface area (Å²) >= 11 is 0. The number of aliphatic hydroxyl groups is 1. The van der Waals surface area contributed by atoms with E-state index in [9.17, 15) is 10.4 Å². The van der Waals surface area contributed by atoms with Crippen molar-refractivity contribution in [1.82, 2.24) is 0 Å². The van der Waals surface area contributed by atoms with Crippen molar-refractivity contribution in [2.24, 2.45) is 17.3 Å². The highest BCUT2D eigenvalue weighted by Crippen LogP contribution is 2.60. The van der Waals surface area contributed by atoms with E-state index in [1.54, 1.807) is 0 Å². The van der Waals surface area contributed by atoms with Gasteiger partial charge in [-0.1, -0.05) is 30.7 Å². The van der Waals surface area contributed by atoms with Crippen LogP contribution in [0.5, 0.6) is 0 Å². The first-order valence-corrected chi connectivity index (χ1v) is 6.82. The van der Waals surface area contributed by atoms with Gasteiger partial charge in [0.1, 0.15) is 0 Å². The molecule has 1 aromatic carbocycles. The van der Waals surface area contributed by atoms with Gasteiger partial charge in [0.15, 0.2) is 0 Å². The van der Waals surface area contributed by atoms with Crippen molar-refractivity contribution in [2.45, 2.75) is 38.7 Å². The van der Waals surface area contributed by atoms with E-state index < -0.39 is 11.5 Å². The zero-order chi connectivity index (χ0) is 12.8. The van der Waals surface area contributed by atoms with Crippen LogP contribution < -0.4 is 0 Å². The maximum atomic E-state index is 10.8. The van der Waals surface area contributed by atoms with Crippen LogP contribution in [0.25, 0.3) is 0 Å². The van der Waals surface area contributed by atoms with Gasteiger partial charge >= 0.3 is 0 Å². The quantitative estimate of drug-likeness (QED) is 0.862. The van der Waals surface area contributed by atoms with Crippen molar-refractivity contribution >= 4 is 0 Å². The Morgan fingerprint density at radius 1 is 1.39 bits per heavy atom. The molecule has 0 aliphatic heterocycles. The molecule has 2 heteroatoms. The van der Waals surface area contributed by atoms with Crippen LogP contribution in [0.15, 0.2) is 24.3 Å². The molecule has 4 unspecified atom stereocenters. The number of fused-ring (bicyclic) bond motifs is 2. The standard InChI is InChI=1S/C16H19NO/c1-11-4-2-3-5-14(11)15(18)16(10-17)9-12-6-7-13(16)8-12/h2-5,12-13,15,18H,6-9H2,1H3. The van der Waals surface area contributed by atoms with Crippen LogP contribution in [0.1, 0.15) is 42.9 Å². The van der Waals surface area contributed by atoms with Gasteiger partial charge < -0.3 is 5.11 Å². The molecule has 18 heavy (non-hydrogen) atoms. The Morgan fingerprint density at radius 2 is 2.17 bits per heavy atom. The first kappa shape index (κ1) is 11.7. The lowest BCUT2D eigenvalue weighted by atomic mass is 9.68. The van der Waals surface area contributed by atoms with E-state index in [2.05, 4.69) is 6.07 Å². The summed E-state index contributed by atoms with van der Waals surface area (Å²) in [6.45, 7) is 2.01. The number of aryl methyl sites for hydroxylation is 1. The van der Waals surface area contributed by atoms with Crippen LogP contribution in [-0.4, -0.2) is 5.11 Å². The average Bonchev–Trinajstić information content (AvgIpc) is 2.99. The highest BCUT2D eigenvalue weighted by atomic mass is 16.3. The largest absolute Gasteiger partial charge is 0.387 e. The smallest absolute Gasteiger partial charge is 0.0981 e. The summed E-state index contributed by atoms with van der Waals surface area (Å²) in [4.78, 5) is 0. The second kappa shape index (κ2) is 4.10. The van der Waals surface area contributed by atoms with Gasteiger partial charge in [0.25, 0.3) is 0 Å². The third-order valence-corrected chi connectivity index (χ3v) is 5.08. The molecule has 0 aromatic heterocycles. The predicted molar refractivity (Wildman–Crippen MR) is 69.6 cm³/mol. The molecular formula is C16H19NO. The Hall–Kier alpha value is -1.33. The molecule has 2 fully saturated rings. The monoisotopic (exact) mass is 241 g/mol. The molecule has 1 N–H and O–H groups in total. The van der Waals surface area contributed by atoms with E-state index in [0.717, 1.165) is 30.4 Å². The minimum atomic E-state index is -0.626. The topological polar surface area (TPSA) is 44.0 Å². The molecule has 2 bridgehead atoms. The fourth-order valence-electron chi connectivity index (χ4n) is 4.08. The first-order chi connectivity index (χ1) is 8.67. The van der Waals surface area contributed by atoms with E-state index in [1.165, 1.54) is 6.42 Å². The number of benzene rings is 1. The third kappa shape index (κ3) is 1.51. The molecule has 4 atom stereocenters. The summed E-state index contributed by atoms with van der Waals surface area (Å²) in [6, 6.07) is 10.4. The Morgan fingerprint density at radius 3 is 2.72 bits per heavy atom. The Bertz CT molecular complexity index is 504. The maximum Gasteiger partial charge on any atom is 0.0981 e. The maximum absolute atomic E-state index is 10.8. The van der Waals surface area contributed by atoms with E-state index in [-0.39, 0.29) is 0 Å². The van der Waals surface area contributed by atoms with Crippen LogP contribution in [0.3, 0.4) is 0 Å². The second-order valence-corrected chi connectivity index (χ2v) is 5.99. The highest BCUT2D eigenvalue weighted by Gasteiger charge is 2.55. The van der Waals surface area contributed by atoms with Crippen molar-refractivity contribution in [2.75, 3.05) is 0 Å². The van der Waals surface area contributed by atoms with Crippen LogP contribution in [0.2, 0.25) is 0 Å². The number of aliphatic hydroxyl groups excluding tert-OH is 1. The van der Waals surface area contributed by atoms with Gasteiger partial charge in [-0.15, -0.1) is 0 Å².